The molecule has 0 spiro atoms. The number of halogens is 1. The number of nitrogen functional groups attached to an aromatic ring is 1. The van der Waals surface area contributed by atoms with Crippen LogP contribution in [0.2, 0.25) is 0 Å². The minimum Gasteiger partial charge on any atom is -0.497 e. The van der Waals surface area contributed by atoms with Crippen LogP contribution in [0.5, 0.6) is 5.75 Å². The zero-order chi connectivity index (χ0) is 12.3. The third-order valence-electron chi connectivity index (χ3n) is 2.39. The van der Waals surface area contributed by atoms with Gasteiger partial charge < -0.3 is 15.8 Å². The molecule has 5 heteroatoms. The van der Waals surface area contributed by atoms with Crippen molar-refractivity contribution in [1.82, 2.24) is 0 Å². The molecule has 0 aliphatic rings. The molecule has 0 radical (unpaired) electrons. The van der Waals surface area contributed by atoms with Gasteiger partial charge in [-0.1, -0.05) is 0 Å². The van der Waals surface area contributed by atoms with Crippen LogP contribution in [0.3, 0.4) is 0 Å². The van der Waals surface area contributed by atoms with Crippen molar-refractivity contribution in [3.8, 4) is 5.75 Å². The molecule has 0 aliphatic heterocycles. The van der Waals surface area contributed by atoms with Crippen molar-refractivity contribution in [2.24, 2.45) is 0 Å². The Labute approximate surface area is 113 Å². The molecule has 1 aromatic carbocycles. The Balaban J connectivity index is 2.11. The average molecular weight is 313 g/mol. The van der Waals surface area contributed by atoms with Crippen molar-refractivity contribution in [2.75, 3.05) is 18.2 Å². The lowest BCUT2D eigenvalue weighted by atomic mass is 10.3. The number of hydrogen-bond donors (Lipinski definition) is 2. The highest BCUT2D eigenvalue weighted by Crippen LogP contribution is 2.28. The summed E-state index contributed by atoms with van der Waals surface area (Å²) in [6.07, 6.45) is 0. The number of nitrogens with two attached hydrogens (primary N) is 1. The predicted octanol–water partition coefficient (Wildman–Crippen LogP) is 3.71. The number of nitrogens with one attached hydrogen (secondary N) is 1. The summed E-state index contributed by atoms with van der Waals surface area (Å²) < 4.78 is 6.20. The Morgan fingerprint density at radius 2 is 2.24 bits per heavy atom. The number of thiophene rings is 1. The fraction of sp³-hybridized carbons (Fsp3) is 0.167. The molecule has 3 N–H and O–H groups in total. The zero-order valence-corrected chi connectivity index (χ0v) is 11.8. The van der Waals surface area contributed by atoms with E-state index in [2.05, 4.69) is 21.2 Å². The molecule has 0 saturated heterocycles. The Kier molecular flexibility index (Phi) is 3.91. The van der Waals surface area contributed by atoms with Crippen LogP contribution in [0.1, 0.15) is 4.88 Å². The third kappa shape index (κ3) is 2.92. The molecule has 1 heterocycles. The van der Waals surface area contributed by atoms with Gasteiger partial charge in [-0.15, -0.1) is 11.3 Å². The van der Waals surface area contributed by atoms with Crippen LogP contribution in [0.15, 0.2) is 34.1 Å². The van der Waals surface area contributed by atoms with Crippen LogP contribution in [-0.4, -0.2) is 7.11 Å². The molecule has 1 aromatic heterocycles. The predicted molar refractivity (Wildman–Crippen MR) is 76.8 cm³/mol. The zero-order valence-electron chi connectivity index (χ0n) is 9.37. The topological polar surface area (TPSA) is 47.3 Å². The first-order valence-electron chi connectivity index (χ1n) is 5.10. The van der Waals surface area contributed by atoms with Gasteiger partial charge in [-0.3, -0.25) is 0 Å². The van der Waals surface area contributed by atoms with Gasteiger partial charge in [0.2, 0.25) is 0 Å². The van der Waals surface area contributed by atoms with Crippen LogP contribution >= 0.6 is 27.3 Å². The molecule has 2 rings (SSSR count). The fourth-order valence-electron chi connectivity index (χ4n) is 1.44. The van der Waals surface area contributed by atoms with Crippen LogP contribution < -0.4 is 15.8 Å². The van der Waals surface area contributed by atoms with E-state index in [0.717, 1.165) is 33.0 Å². The van der Waals surface area contributed by atoms with Gasteiger partial charge in [0.15, 0.2) is 0 Å². The quantitative estimate of drug-likeness (QED) is 0.904. The largest absolute Gasteiger partial charge is 0.497 e. The van der Waals surface area contributed by atoms with E-state index in [9.17, 15) is 0 Å². The van der Waals surface area contributed by atoms with Gasteiger partial charge in [-0.05, 0) is 39.5 Å². The first-order chi connectivity index (χ1) is 8.20. The molecular formula is C12H13BrN2OS. The second-order valence-corrected chi connectivity index (χ2v) is 5.35. The molecule has 0 atom stereocenters. The van der Waals surface area contributed by atoms with Gasteiger partial charge in [0.25, 0.3) is 0 Å². The summed E-state index contributed by atoms with van der Waals surface area (Å²) >= 11 is 5.15. The Bertz CT molecular complexity index is 513. The Morgan fingerprint density at radius 1 is 1.41 bits per heavy atom. The van der Waals surface area contributed by atoms with Crippen molar-refractivity contribution in [3.63, 3.8) is 0 Å². The summed E-state index contributed by atoms with van der Waals surface area (Å²) in [4.78, 5) is 1.14. The first kappa shape index (κ1) is 12.3. The van der Waals surface area contributed by atoms with Crippen LogP contribution in [0.25, 0.3) is 0 Å². The highest BCUT2D eigenvalue weighted by atomic mass is 79.9. The summed E-state index contributed by atoms with van der Waals surface area (Å²) in [6.45, 7) is 0.718. The number of methoxy groups -OCH3 is 1. The number of rotatable bonds is 4. The summed E-state index contributed by atoms with van der Waals surface area (Å²) in [5.41, 5.74) is 7.66. The van der Waals surface area contributed by atoms with E-state index in [1.165, 1.54) is 0 Å². The molecule has 0 aliphatic carbocycles. The highest BCUT2D eigenvalue weighted by Gasteiger charge is 2.04. The van der Waals surface area contributed by atoms with E-state index >= 15 is 0 Å². The van der Waals surface area contributed by atoms with E-state index in [1.54, 1.807) is 18.4 Å². The summed E-state index contributed by atoms with van der Waals surface area (Å²) in [5, 5.41) is 5.33. The van der Waals surface area contributed by atoms with Crippen LogP contribution in [-0.2, 0) is 6.54 Å². The molecule has 2 aromatic rings. The van der Waals surface area contributed by atoms with Crippen molar-refractivity contribution in [1.29, 1.82) is 0 Å². The molecule has 90 valence electrons. The van der Waals surface area contributed by atoms with Gasteiger partial charge in [-0.2, -0.15) is 0 Å². The summed E-state index contributed by atoms with van der Waals surface area (Å²) in [5.74, 6) is 0.829. The van der Waals surface area contributed by atoms with Crippen LogP contribution in [0, 0.1) is 0 Å². The summed E-state index contributed by atoms with van der Waals surface area (Å²) in [6, 6.07) is 7.74. The molecule has 0 fully saturated rings. The number of benzene rings is 1. The first-order valence-corrected chi connectivity index (χ1v) is 6.77. The van der Waals surface area contributed by atoms with Gasteiger partial charge in [0.05, 0.1) is 19.3 Å². The SMILES string of the molecule is COc1ccc(Br)c(NCc2sccc2N)c1. The lowest BCUT2D eigenvalue weighted by molar-refractivity contribution is 0.415. The maximum atomic E-state index is 5.83. The molecule has 0 bridgehead atoms. The van der Waals surface area contributed by atoms with Gasteiger partial charge in [-0.25, -0.2) is 0 Å². The Hall–Kier alpha value is -1.20. The minimum atomic E-state index is 0.718. The van der Waals surface area contributed by atoms with Crippen molar-refractivity contribution in [3.05, 3.63) is 39.0 Å². The number of ether oxygens (including phenoxy) is 1. The average Bonchev–Trinajstić information content (AvgIpc) is 2.74. The molecule has 0 amide bonds. The smallest absolute Gasteiger partial charge is 0.121 e. The normalized spacial score (nSPS) is 10.2. The van der Waals surface area contributed by atoms with Gasteiger partial charge in [0, 0.05) is 21.1 Å². The van der Waals surface area contributed by atoms with Gasteiger partial charge in [0.1, 0.15) is 5.75 Å². The molecule has 0 unspecified atom stereocenters. The van der Waals surface area contributed by atoms with E-state index in [-0.39, 0.29) is 0 Å². The fourth-order valence-corrected chi connectivity index (χ4v) is 2.56. The molecule has 17 heavy (non-hydrogen) atoms. The standard InChI is InChI=1S/C12H13BrN2OS/c1-16-8-2-3-9(13)11(6-8)15-7-12-10(14)4-5-17-12/h2-6,15H,7,14H2,1H3. The monoisotopic (exact) mass is 312 g/mol. The number of hydrogen-bond acceptors (Lipinski definition) is 4. The minimum absolute atomic E-state index is 0.718. The maximum absolute atomic E-state index is 5.83. The molecule has 3 nitrogen and oxygen atoms in total. The highest BCUT2D eigenvalue weighted by molar-refractivity contribution is 9.10. The second kappa shape index (κ2) is 5.42. The Morgan fingerprint density at radius 3 is 2.88 bits per heavy atom. The van der Waals surface area contributed by atoms with Crippen LogP contribution in [0.4, 0.5) is 11.4 Å². The van der Waals surface area contributed by atoms with E-state index in [0.29, 0.717) is 0 Å². The van der Waals surface area contributed by atoms with Crippen molar-refractivity contribution < 1.29 is 4.74 Å². The lowest BCUT2D eigenvalue weighted by Gasteiger charge is -2.09. The van der Waals surface area contributed by atoms with Crippen molar-refractivity contribution >= 4 is 38.6 Å². The van der Waals surface area contributed by atoms with E-state index in [1.807, 2.05) is 29.6 Å². The maximum Gasteiger partial charge on any atom is 0.121 e. The number of anilines is 2. The second-order valence-electron chi connectivity index (χ2n) is 3.50. The van der Waals surface area contributed by atoms with E-state index in [4.69, 9.17) is 10.5 Å². The molecular weight excluding hydrogens is 300 g/mol. The van der Waals surface area contributed by atoms with Gasteiger partial charge >= 0.3 is 0 Å². The summed E-state index contributed by atoms with van der Waals surface area (Å²) in [7, 11) is 1.66. The van der Waals surface area contributed by atoms with Crippen molar-refractivity contribution in [2.45, 2.75) is 6.54 Å². The molecule has 0 saturated carbocycles. The van der Waals surface area contributed by atoms with E-state index < -0.39 is 0 Å². The lowest BCUT2D eigenvalue weighted by Crippen LogP contribution is -2.00. The third-order valence-corrected chi connectivity index (χ3v) is 4.02.